The summed E-state index contributed by atoms with van der Waals surface area (Å²) in [6, 6.07) is 0. The van der Waals surface area contributed by atoms with Gasteiger partial charge >= 0.3 is 11.7 Å². The van der Waals surface area contributed by atoms with Crippen molar-refractivity contribution in [1.82, 2.24) is 24.4 Å². The predicted octanol–water partition coefficient (Wildman–Crippen LogP) is -0.130. The zero-order valence-corrected chi connectivity index (χ0v) is 10.7. The fourth-order valence-electron chi connectivity index (χ4n) is 2.23. The van der Waals surface area contributed by atoms with Crippen LogP contribution in [0.1, 0.15) is 29.8 Å². The van der Waals surface area contributed by atoms with Crippen molar-refractivity contribution in [2.24, 2.45) is 7.05 Å². The van der Waals surface area contributed by atoms with E-state index >= 15 is 0 Å². The van der Waals surface area contributed by atoms with Crippen LogP contribution in [0, 0.1) is 0 Å². The molecule has 8 nitrogen and oxygen atoms in total. The van der Waals surface area contributed by atoms with Crippen molar-refractivity contribution in [3.63, 3.8) is 0 Å². The fraction of sp³-hybridized carbons (Fsp3) is 0.545. The third-order valence-corrected chi connectivity index (χ3v) is 3.32. The normalized spacial score (nSPS) is 22.3. The molecule has 0 saturated heterocycles. The maximum absolute atomic E-state index is 13.4. The van der Waals surface area contributed by atoms with Crippen LogP contribution in [-0.4, -0.2) is 42.6 Å². The lowest BCUT2D eigenvalue weighted by atomic mass is 10.3. The van der Waals surface area contributed by atoms with Crippen molar-refractivity contribution in [2.45, 2.75) is 31.5 Å². The first kappa shape index (κ1) is 12.7. The monoisotopic (exact) mass is 281 g/mol. The number of aryl methyl sites for hydroxylation is 1. The molecule has 0 aromatic carbocycles. The highest BCUT2D eigenvalue weighted by Crippen LogP contribution is 2.25. The van der Waals surface area contributed by atoms with Gasteiger partial charge in [-0.15, -0.1) is 5.10 Å². The molecule has 0 radical (unpaired) electrons. The minimum atomic E-state index is -1.15. The lowest BCUT2D eigenvalue weighted by molar-refractivity contribution is 0.0144. The van der Waals surface area contributed by atoms with Crippen molar-refractivity contribution in [2.75, 3.05) is 0 Å². The second kappa shape index (κ2) is 4.66. The second-order valence-corrected chi connectivity index (χ2v) is 4.67. The topological polar surface area (TPSA) is 91.4 Å². The van der Waals surface area contributed by atoms with E-state index in [9.17, 15) is 14.0 Å². The van der Waals surface area contributed by atoms with Crippen molar-refractivity contribution in [3.05, 3.63) is 22.5 Å². The Kier molecular flexibility index (Phi) is 2.96. The van der Waals surface area contributed by atoms with E-state index in [-0.39, 0.29) is 11.3 Å². The average molecular weight is 281 g/mol. The van der Waals surface area contributed by atoms with Crippen LogP contribution in [-0.2, 0) is 11.8 Å². The number of imidazole rings is 1. The number of carbonyl (C=O) groups is 1. The van der Waals surface area contributed by atoms with Gasteiger partial charge < -0.3 is 4.74 Å². The van der Waals surface area contributed by atoms with Gasteiger partial charge in [-0.3, -0.25) is 0 Å². The molecule has 2 aromatic heterocycles. The summed E-state index contributed by atoms with van der Waals surface area (Å²) in [5, 5.41) is 7.32. The Hall–Kier alpha value is -2.32. The minimum absolute atomic E-state index is 0.00602. The van der Waals surface area contributed by atoms with Gasteiger partial charge in [0.15, 0.2) is 11.3 Å². The molecule has 2 aromatic rings. The number of halogens is 1. The van der Waals surface area contributed by atoms with Crippen molar-refractivity contribution in [1.29, 1.82) is 0 Å². The number of aromatic nitrogens is 5. The molecule has 1 unspecified atom stereocenters. The van der Waals surface area contributed by atoms with Gasteiger partial charge in [-0.1, -0.05) is 5.21 Å². The van der Waals surface area contributed by atoms with Crippen LogP contribution in [0.2, 0.25) is 0 Å². The van der Waals surface area contributed by atoms with Crippen molar-refractivity contribution < 1.29 is 13.9 Å². The summed E-state index contributed by atoms with van der Waals surface area (Å²) in [6.07, 6.45) is 0.841. The van der Waals surface area contributed by atoms with E-state index in [4.69, 9.17) is 4.74 Å². The van der Waals surface area contributed by atoms with Crippen molar-refractivity contribution >= 4 is 11.6 Å². The Morgan fingerprint density at radius 1 is 1.50 bits per heavy atom. The SMILES string of the molecule is Cn1nnc2c(C(=O)O[C@H]3CCCC3F)ncn2c1=O. The lowest BCUT2D eigenvalue weighted by Crippen LogP contribution is -2.28. The van der Waals surface area contributed by atoms with Gasteiger partial charge in [0.1, 0.15) is 18.6 Å². The van der Waals surface area contributed by atoms with Gasteiger partial charge in [-0.05, 0) is 19.3 Å². The molecule has 0 aliphatic heterocycles. The molecular weight excluding hydrogens is 269 g/mol. The zero-order valence-electron chi connectivity index (χ0n) is 10.7. The number of alkyl halides is 1. The maximum Gasteiger partial charge on any atom is 0.361 e. The summed E-state index contributed by atoms with van der Waals surface area (Å²) >= 11 is 0. The number of carbonyl (C=O) groups excluding carboxylic acids is 1. The molecule has 0 N–H and O–H groups in total. The van der Waals surface area contributed by atoms with Gasteiger partial charge in [0, 0.05) is 7.05 Å². The maximum atomic E-state index is 13.4. The Labute approximate surface area is 112 Å². The Bertz CT molecular complexity index is 724. The van der Waals surface area contributed by atoms with E-state index in [0.717, 1.165) is 9.08 Å². The van der Waals surface area contributed by atoms with Crippen LogP contribution in [0.25, 0.3) is 5.65 Å². The van der Waals surface area contributed by atoms with E-state index in [0.29, 0.717) is 19.3 Å². The third-order valence-electron chi connectivity index (χ3n) is 3.32. The highest BCUT2D eigenvalue weighted by atomic mass is 19.1. The Morgan fingerprint density at radius 2 is 2.30 bits per heavy atom. The van der Waals surface area contributed by atoms with E-state index < -0.39 is 23.9 Å². The van der Waals surface area contributed by atoms with Crippen LogP contribution < -0.4 is 5.69 Å². The molecular formula is C11H12FN5O3. The summed E-state index contributed by atoms with van der Waals surface area (Å²) in [6.45, 7) is 0. The molecule has 106 valence electrons. The van der Waals surface area contributed by atoms with Crippen LogP contribution in [0.5, 0.6) is 0 Å². The molecule has 2 heterocycles. The highest BCUT2D eigenvalue weighted by molar-refractivity contribution is 5.93. The van der Waals surface area contributed by atoms with Crippen LogP contribution >= 0.6 is 0 Å². The third kappa shape index (κ3) is 1.95. The first-order chi connectivity index (χ1) is 9.58. The molecule has 2 atom stereocenters. The summed E-state index contributed by atoms with van der Waals surface area (Å²) in [5.74, 6) is -0.787. The molecule has 0 bridgehead atoms. The molecule has 1 aliphatic carbocycles. The van der Waals surface area contributed by atoms with Gasteiger partial charge in [0.25, 0.3) is 0 Å². The van der Waals surface area contributed by atoms with E-state index in [1.165, 1.54) is 13.4 Å². The fourth-order valence-corrected chi connectivity index (χ4v) is 2.23. The Morgan fingerprint density at radius 3 is 3.00 bits per heavy atom. The number of hydrogen-bond acceptors (Lipinski definition) is 6. The van der Waals surface area contributed by atoms with Crippen LogP contribution in [0.3, 0.4) is 0 Å². The smallest absolute Gasteiger partial charge is 0.361 e. The molecule has 1 aliphatic rings. The van der Waals surface area contributed by atoms with Crippen LogP contribution in [0.4, 0.5) is 4.39 Å². The number of nitrogens with zero attached hydrogens (tertiary/aromatic N) is 5. The van der Waals surface area contributed by atoms with Crippen LogP contribution in [0.15, 0.2) is 11.1 Å². The van der Waals surface area contributed by atoms with Gasteiger partial charge in [-0.25, -0.2) is 23.4 Å². The number of esters is 1. The lowest BCUT2D eigenvalue weighted by Gasteiger charge is -2.12. The highest BCUT2D eigenvalue weighted by Gasteiger charge is 2.32. The van der Waals surface area contributed by atoms with E-state index in [1.807, 2.05) is 0 Å². The van der Waals surface area contributed by atoms with Gasteiger partial charge in [0.05, 0.1) is 0 Å². The quantitative estimate of drug-likeness (QED) is 0.712. The second-order valence-electron chi connectivity index (χ2n) is 4.67. The van der Waals surface area contributed by atoms with Gasteiger partial charge in [0.2, 0.25) is 0 Å². The summed E-state index contributed by atoms with van der Waals surface area (Å²) in [7, 11) is 1.43. The van der Waals surface area contributed by atoms with Gasteiger partial charge in [-0.2, -0.15) is 4.68 Å². The molecule has 9 heteroatoms. The van der Waals surface area contributed by atoms with Crippen molar-refractivity contribution in [3.8, 4) is 0 Å². The zero-order chi connectivity index (χ0) is 14.3. The Balaban J connectivity index is 1.92. The standard InChI is InChI=1S/C11H12FN5O3/c1-16-11(19)17-5-13-8(9(17)14-15-16)10(18)20-7-4-2-3-6(7)12/h5-7H,2-4H2,1H3/t6?,7-/m0/s1. The largest absolute Gasteiger partial charge is 0.454 e. The number of fused-ring (bicyclic) bond motifs is 1. The number of rotatable bonds is 2. The predicted molar refractivity (Wildman–Crippen MR) is 64.0 cm³/mol. The summed E-state index contributed by atoms with van der Waals surface area (Å²) in [5.41, 5.74) is -0.605. The summed E-state index contributed by atoms with van der Waals surface area (Å²) in [4.78, 5) is 27.5. The summed E-state index contributed by atoms with van der Waals surface area (Å²) < 4.78 is 20.6. The average Bonchev–Trinajstić information content (AvgIpc) is 3.01. The van der Waals surface area contributed by atoms with E-state index in [2.05, 4.69) is 15.3 Å². The molecule has 1 saturated carbocycles. The molecule has 3 rings (SSSR count). The first-order valence-electron chi connectivity index (χ1n) is 6.20. The number of hydrogen-bond donors (Lipinski definition) is 0. The minimum Gasteiger partial charge on any atom is -0.454 e. The first-order valence-corrected chi connectivity index (χ1v) is 6.20. The van der Waals surface area contributed by atoms with E-state index in [1.54, 1.807) is 0 Å². The molecule has 0 amide bonds. The molecule has 1 fully saturated rings. The number of ether oxygens (including phenoxy) is 1. The molecule has 20 heavy (non-hydrogen) atoms. The molecule has 0 spiro atoms.